The van der Waals surface area contributed by atoms with E-state index >= 15 is 0 Å². The van der Waals surface area contributed by atoms with Gasteiger partial charge in [-0.25, -0.2) is 13.1 Å². The van der Waals surface area contributed by atoms with Crippen LogP contribution in [-0.4, -0.2) is 33.8 Å². The lowest BCUT2D eigenvalue weighted by Crippen LogP contribution is -2.29. The first kappa shape index (κ1) is 13.4. The number of benzene rings is 1. The van der Waals surface area contributed by atoms with E-state index in [0.717, 1.165) is 12.2 Å². The number of anilines is 1. The molecule has 0 amide bonds. The standard InChI is InChI=1S/C13H20N2O2S/c1-11(2)12-5-3-4-6-13(12)15-8-7-14-18(16,17)10-9-15/h3-6,11,14H,7-10H2,1-2H3. The molecule has 1 heterocycles. The minimum absolute atomic E-state index is 0.166. The van der Waals surface area contributed by atoms with Gasteiger partial charge in [-0.2, -0.15) is 0 Å². The largest absolute Gasteiger partial charge is 0.369 e. The lowest BCUT2D eigenvalue weighted by atomic mass is 10.0. The molecule has 0 radical (unpaired) electrons. The fraction of sp³-hybridized carbons (Fsp3) is 0.538. The molecular formula is C13H20N2O2S. The van der Waals surface area contributed by atoms with Gasteiger partial charge in [0, 0.05) is 25.3 Å². The van der Waals surface area contributed by atoms with E-state index < -0.39 is 10.0 Å². The van der Waals surface area contributed by atoms with Crippen LogP contribution in [-0.2, 0) is 10.0 Å². The van der Waals surface area contributed by atoms with Gasteiger partial charge in [0.15, 0.2) is 0 Å². The second-order valence-corrected chi connectivity index (χ2v) is 6.84. The summed E-state index contributed by atoms with van der Waals surface area (Å²) in [7, 11) is -3.08. The number of nitrogens with one attached hydrogen (secondary N) is 1. The van der Waals surface area contributed by atoms with E-state index in [9.17, 15) is 8.42 Å². The van der Waals surface area contributed by atoms with Crippen molar-refractivity contribution in [1.82, 2.24) is 4.72 Å². The molecule has 1 fully saturated rings. The van der Waals surface area contributed by atoms with Gasteiger partial charge in [-0.05, 0) is 17.5 Å². The van der Waals surface area contributed by atoms with Crippen LogP contribution in [0.15, 0.2) is 24.3 Å². The van der Waals surface area contributed by atoms with Gasteiger partial charge in [0.25, 0.3) is 0 Å². The minimum Gasteiger partial charge on any atom is -0.369 e. The quantitative estimate of drug-likeness (QED) is 0.885. The predicted octanol–water partition coefficient (Wildman–Crippen LogP) is 1.55. The van der Waals surface area contributed by atoms with E-state index in [1.165, 1.54) is 5.56 Å². The number of hydrogen-bond acceptors (Lipinski definition) is 3. The fourth-order valence-electron chi connectivity index (χ4n) is 2.26. The molecular weight excluding hydrogens is 248 g/mol. The highest BCUT2D eigenvalue weighted by Gasteiger charge is 2.20. The summed E-state index contributed by atoms with van der Waals surface area (Å²) in [5, 5.41) is 0. The van der Waals surface area contributed by atoms with Gasteiger partial charge in [0.2, 0.25) is 10.0 Å². The maximum atomic E-state index is 11.5. The summed E-state index contributed by atoms with van der Waals surface area (Å²) in [5.41, 5.74) is 2.43. The zero-order valence-corrected chi connectivity index (χ0v) is 11.7. The van der Waals surface area contributed by atoms with Crippen LogP contribution < -0.4 is 9.62 Å². The molecule has 18 heavy (non-hydrogen) atoms. The smallest absolute Gasteiger partial charge is 0.213 e. The molecule has 0 atom stereocenters. The van der Waals surface area contributed by atoms with Crippen molar-refractivity contribution < 1.29 is 8.42 Å². The Morgan fingerprint density at radius 1 is 1.22 bits per heavy atom. The lowest BCUT2D eigenvalue weighted by molar-refractivity contribution is 0.586. The normalized spacial score (nSPS) is 19.8. The summed E-state index contributed by atoms with van der Waals surface area (Å²) in [6.45, 7) is 6.08. The van der Waals surface area contributed by atoms with Crippen molar-refractivity contribution in [3.05, 3.63) is 29.8 Å². The van der Waals surface area contributed by atoms with Crippen LogP contribution in [0.2, 0.25) is 0 Å². The zero-order chi connectivity index (χ0) is 13.2. The third-order valence-corrected chi connectivity index (χ3v) is 4.60. The third kappa shape index (κ3) is 3.03. The molecule has 4 nitrogen and oxygen atoms in total. The van der Waals surface area contributed by atoms with Crippen molar-refractivity contribution in [2.24, 2.45) is 0 Å². The third-order valence-electron chi connectivity index (χ3n) is 3.23. The predicted molar refractivity (Wildman–Crippen MR) is 74.5 cm³/mol. The average Bonchev–Trinajstić information content (AvgIpc) is 2.50. The Morgan fingerprint density at radius 2 is 1.94 bits per heavy atom. The highest BCUT2D eigenvalue weighted by molar-refractivity contribution is 7.89. The minimum atomic E-state index is -3.08. The number of rotatable bonds is 2. The maximum Gasteiger partial charge on any atom is 0.213 e. The van der Waals surface area contributed by atoms with Crippen LogP contribution >= 0.6 is 0 Å². The van der Waals surface area contributed by atoms with Gasteiger partial charge in [-0.3, -0.25) is 0 Å². The Balaban J connectivity index is 2.26. The van der Waals surface area contributed by atoms with Crippen molar-refractivity contribution in [3.8, 4) is 0 Å². The summed E-state index contributed by atoms with van der Waals surface area (Å²) >= 11 is 0. The summed E-state index contributed by atoms with van der Waals surface area (Å²) in [5.74, 6) is 0.605. The Morgan fingerprint density at radius 3 is 2.67 bits per heavy atom. The highest BCUT2D eigenvalue weighted by atomic mass is 32.2. The molecule has 1 aromatic carbocycles. The van der Waals surface area contributed by atoms with Gasteiger partial charge >= 0.3 is 0 Å². The maximum absolute atomic E-state index is 11.5. The highest BCUT2D eigenvalue weighted by Crippen LogP contribution is 2.27. The first-order valence-corrected chi connectivity index (χ1v) is 7.96. The summed E-state index contributed by atoms with van der Waals surface area (Å²) in [4.78, 5) is 2.16. The van der Waals surface area contributed by atoms with Crippen molar-refractivity contribution in [3.63, 3.8) is 0 Å². The monoisotopic (exact) mass is 268 g/mol. The summed E-state index contributed by atoms with van der Waals surface area (Å²) in [6.07, 6.45) is 0. The molecule has 1 aliphatic rings. The van der Waals surface area contributed by atoms with Gasteiger partial charge in [0.05, 0.1) is 5.75 Å². The molecule has 5 heteroatoms. The molecule has 0 saturated carbocycles. The number of para-hydroxylation sites is 1. The molecule has 0 bridgehead atoms. The number of hydrogen-bond donors (Lipinski definition) is 1. The molecule has 1 aliphatic heterocycles. The molecule has 0 unspecified atom stereocenters. The van der Waals surface area contributed by atoms with Crippen LogP contribution in [0.1, 0.15) is 25.3 Å². The summed E-state index contributed by atoms with van der Waals surface area (Å²) in [6, 6.07) is 8.24. The first-order chi connectivity index (χ1) is 8.49. The van der Waals surface area contributed by atoms with Crippen molar-refractivity contribution in [2.75, 3.05) is 30.3 Å². The molecule has 0 spiro atoms. The van der Waals surface area contributed by atoms with Gasteiger partial charge < -0.3 is 4.90 Å². The van der Waals surface area contributed by atoms with E-state index in [1.54, 1.807) is 0 Å². The summed E-state index contributed by atoms with van der Waals surface area (Å²) < 4.78 is 25.7. The van der Waals surface area contributed by atoms with Crippen LogP contribution in [0.5, 0.6) is 0 Å². The lowest BCUT2D eigenvalue weighted by Gasteiger charge is -2.26. The molecule has 0 aliphatic carbocycles. The zero-order valence-electron chi connectivity index (χ0n) is 10.9. The second-order valence-electron chi connectivity index (χ2n) is 4.91. The Hall–Kier alpha value is -1.07. The van der Waals surface area contributed by atoms with Crippen LogP contribution in [0.25, 0.3) is 0 Å². The molecule has 1 aromatic rings. The Bertz CT molecular complexity index is 511. The van der Waals surface area contributed by atoms with E-state index in [1.807, 2.05) is 12.1 Å². The van der Waals surface area contributed by atoms with Crippen molar-refractivity contribution in [1.29, 1.82) is 0 Å². The average molecular weight is 268 g/mol. The van der Waals surface area contributed by atoms with Crippen LogP contribution in [0, 0.1) is 0 Å². The first-order valence-electron chi connectivity index (χ1n) is 6.31. The van der Waals surface area contributed by atoms with Crippen LogP contribution in [0.3, 0.4) is 0 Å². The van der Waals surface area contributed by atoms with Gasteiger partial charge in [-0.15, -0.1) is 0 Å². The van der Waals surface area contributed by atoms with E-state index in [2.05, 4.69) is 35.6 Å². The van der Waals surface area contributed by atoms with E-state index in [0.29, 0.717) is 19.0 Å². The topological polar surface area (TPSA) is 49.4 Å². The van der Waals surface area contributed by atoms with Crippen molar-refractivity contribution in [2.45, 2.75) is 19.8 Å². The van der Waals surface area contributed by atoms with Crippen molar-refractivity contribution >= 4 is 15.7 Å². The van der Waals surface area contributed by atoms with E-state index in [4.69, 9.17) is 0 Å². The molecule has 2 rings (SSSR count). The molecule has 100 valence electrons. The molecule has 1 saturated heterocycles. The number of nitrogens with zero attached hydrogens (tertiary/aromatic N) is 1. The molecule has 1 N–H and O–H groups in total. The number of sulfonamides is 1. The fourth-order valence-corrected chi connectivity index (χ4v) is 3.26. The van der Waals surface area contributed by atoms with Gasteiger partial charge in [0.1, 0.15) is 0 Å². The Kier molecular flexibility index (Phi) is 3.92. The van der Waals surface area contributed by atoms with E-state index in [-0.39, 0.29) is 5.75 Å². The molecule has 0 aromatic heterocycles. The van der Waals surface area contributed by atoms with Crippen LogP contribution in [0.4, 0.5) is 5.69 Å². The van der Waals surface area contributed by atoms with Gasteiger partial charge in [-0.1, -0.05) is 32.0 Å². The Labute approximate surface area is 109 Å². The SMILES string of the molecule is CC(C)c1ccccc1N1CCNS(=O)(=O)CC1. The second kappa shape index (κ2) is 5.28.